The Balaban J connectivity index is 2.68. The van der Waals surface area contributed by atoms with E-state index in [2.05, 4.69) is 16.0 Å². The number of amides is 3. The molecule has 0 aromatic heterocycles. The number of hydrogen-bond donors (Lipinski definition) is 3. The summed E-state index contributed by atoms with van der Waals surface area (Å²) >= 11 is 0. The van der Waals surface area contributed by atoms with Crippen LogP contribution in [0.5, 0.6) is 0 Å². The molecule has 6 heteroatoms. The zero-order chi connectivity index (χ0) is 16.5. The second-order valence-corrected chi connectivity index (χ2v) is 5.23. The minimum absolute atomic E-state index is 0.146. The van der Waals surface area contributed by atoms with Gasteiger partial charge in [-0.25, -0.2) is 0 Å². The summed E-state index contributed by atoms with van der Waals surface area (Å²) < 4.78 is 0. The van der Waals surface area contributed by atoms with Gasteiger partial charge in [0.1, 0.15) is 6.04 Å². The molecule has 3 amide bonds. The number of carbonyl (C=O) groups excluding carboxylic acids is 3. The van der Waals surface area contributed by atoms with Gasteiger partial charge in [0, 0.05) is 32.9 Å². The Kier molecular flexibility index (Phi) is 7.08. The summed E-state index contributed by atoms with van der Waals surface area (Å²) in [5, 5.41) is 7.92. The van der Waals surface area contributed by atoms with Crippen molar-refractivity contribution >= 4 is 17.7 Å². The highest BCUT2D eigenvalue weighted by Gasteiger charge is 2.22. The van der Waals surface area contributed by atoms with Crippen LogP contribution in [0.15, 0.2) is 30.3 Å². The Morgan fingerprint density at radius 3 is 2.27 bits per heavy atom. The average Bonchev–Trinajstić information content (AvgIpc) is 2.46. The molecule has 1 aromatic rings. The molecule has 0 saturated heterocycles. The van der Waals surface area contributed by atoms with E-state index in [1.165, 1.54) is 6.92 Å². The molecule has 3 N–H and O–H groups in total. The van der Waals surface area contributed by atoms with Gasteiger partial charge in [-0.3, -0.25) is 14.4 Å². The first-order chi connectivity index (χ1) is 10.4. The van der Waals surface area contributed by atoms with Gasteiger partial charge in [-0.2, -0.15) is 0 Å². The van der Waals surface area contributed by atoms with E-state index in [0.717, 1.165) is 5.56 Å². The highest BCUT2D eigenvalue weighted by Crippen LogP contribution is 2.04. The van der Waals surface area contributed by atoms with Crippen molar-refractivity contribution < 1.29 is 14.4 Å². The summed E-state index contributed by atoms with van der Waals surface area (Å²) in [4.78, 5) is 34.9. The largest absolute Gasteiger partial charge is 0.359 e. The Morgan fingerprint density at radius 1 is 1.09 bits per heavy atom. The van der Waals surface area contributed by atoms with Crippen LogP contribution in [0.1, 0.15) is 25.8 Å². The summed E-state index contributed by atoms with van der Waals surface area (Å²) in [7, 11) is 1.55. The molecule has 0 aliphatic rings. The maximum absolute atomic E-state index is 12.3. The lowest BCUT2D eigenvalue weighted by Crippen LogP contribution is -2.50. The van der Waals surface area contributed by atoms with Crippen LogP contribution in [-0.4, -0.2) is 36.9 Å². The second kappa shape index (κ2) is 8.81. The molecule has 0 heterocycles. The van der Waals surface area contributed by atoms with Crippen LogP contribution in [0, 0.1) is 0 Å². The maximum atomic E-state index is 12.3. The molecular weight excluding hydrogens is 282 g/mol. The predicted octanol–water partition coefficient (Wildman–Crippen LogP) is 0.375. The van der Waals surface area contributed by atoms with Crippen LogP contribution < -0.4 is 16.0 Å². The van der Waals surface area contributed by atoms with E-state index in [1.807, 2.05) is 30.3 Å². The summed E-state index contributed by atoms with van der Waals surface area (Å²) in [6.45, 7) is 3.12. The van der Waals surface area contributed by atoms with Gasteiger partial charge in [0.05, 0.1) is 0 Å². The van der Waals surface area contributed by atoms with Gasteiger partial charge in [0.25, 0.3) is 0 Å². The summed E-state index contributed by atoms with van der Waals surface area (Å²) in [5.41, 5.74) is 0.954. The van der Waals surface area contributed by atoms with Crippen LogP contribution >= 0.6 is 0 Å². The zero-order valence-corrected chi connectivity index (χ0v) is 13.2. The maximum Gasteiger partial charge on any atom is 0.243 e. The molecule has 0 saturated carbocycles. The van der Waals surface area contributed by atoms with E-state index in [9.17, 15) is 14.4 Å². The van der Waals surface area contributed by atoms with E-state index in [4.69, 9.17) is 0 Å². The number of carbonyl (C=O) groups is 3. The van der Waals surface area contributed by atoms with Crippen LogP contribution in [0.25, 0.3) is 0 Å². The smallest absolute Gasteiger partial charge is 0.243 e. The average molecular weight is 305 g/mol. The second-order valence-electron chi connectivity index (χ2n) is 5.23. The fourth-order valence-corrected chi connectivity index (χ4v) is 2.08. The van der Waals surface area contributed by atoms with Gasteiger partial charge in [0.2, 0.25) is 17.7 Å². The lowest BCUT2D eigenvalue weighted by Gasteiger charge is -2.20. The Morgan fingerprint density at radius 2 is 1.73 bits per heavy atom. The molecule has 0 unspecified atom stereocenters. The predicted molar refractivity (Wildman–Crippen MR) is 84.0 cm³/mol. The third-order valence-electron chi connectivity index (χ3n) is 3.14. The summed E-state index contributed by atoms with van der Waals surface area (Å²) in [6, 6.07) is 8.49. The van der Waals surface area contributed by atoms with Crippen molar-refractivity contribution in [1.82, 2.24) is 16.0 Å². The molecule has 2 atom stereocenters. The van der Waals surface area contributed by atoms with Crippen LogP contribution in [-0.2, 0) is 20.8 Å². The molecule has 0 aliphatic heterocycles. The van der Waals surface area contributed by atoms with E-state index in [0.29, 0.717) is 6.42 Å². The zero-order valence-electron chi connectivity index (χ0n) is 13.2. The highest BCUT2D eigenvalue weighted by atomic mass is 16.2. The van der Waals surface area contributed by atoms with E-state index >= 15 is 0 Å². The quantitative estimate of drug-likeness (QED) is 0.680. The van der Waals surface area contributed by atoms with Gasteiger partial charge in [0.15, 0.2) is 0 Å². The van der Waals surface area contributed by atoms with Crippen molar-refractivity contribution in [3.8, 4) is 0 Å². The molecular formula is C16H23N3O3. The van der Waals surface area contributed by atoms with E-state index in [-0.39, 0.29) is 30.2 Å². The molecule has 1 aromatic carbocycles. The van der Waals surface area contributed by atoms with Gasteiger partial charge >= 0.3 is 0 Å². The topological polar surface area (TPSA) is 87.3 Å². The first-order valence-corrected chi connectivity index (χ1v) is 7.24. The standard InChI is InChI=1S/C16H23N3O3/c1-11(9-15(21)17-3)18-16(22)14(19-12(2)20)10-13-7-5-4-6-8-13/h4-8,11,14H,9-10H2,1-3H3,(H,17,21)(H,18,22)(H,19,20)/t11-,14-/m0/s1. The van der Waals surface area contributed by atoms with Crippen molar-refractivity contribution in [3.05, 3.63) is 35.9 Å². The highest BCUT2D eigenvalue weighted by molar-refractivity contribution is 5.87. The number of hydrogen-bond acceptors (Lipinski definition) is 3. The van der Waals surface area contributed by atoms with E-state index in [1.54, 1.807) is 14.0 Å². The number of nitrogens with one attached hydrogen (secondary N) is 3. The third kappa shape index (κ3) is 6.39. The Labute approximate surface area is 130 Å². The van der Waals surface area contributed by atoms with Crippen LogP contribution in [0.2, 0.25) is 0 Å². The molecule has 0 fully saturated rings. The van der Waals surface area contributed by atoms with Crippen molar-refractivity contribution in [2.45, 2.75) is 38.8 Å². The van der Waals surface area contributed by atoms with Crippen molar-refractivity contribution in [2.75, 3.05) is 7.05 Å². The van der Waals surface area contributed by atoms with Gasteiger partial charge < -0.3 is 16.0 Å². The molecule has 0 radical (unpaired) electrons. The monoisotopic (exact) mass is 305 g/mol. The summed E-state index contributed by atoms with van der Waals surface area (Å²) in [5.74, 6) is -0.711. The fourth-order valence-electron chi connectivity index (χ4n) is 2.08. The molecule has 0 bridgehead atoms. The molecule has 120 valence electrons. The van der Waals surface area contributed by atoms with Crippen LogP contribution in [0.3, 0.4) is 0 Å². The van der Waals surface area contributed by atoms with E-state index < -0.39 is 6.04 Å². The lowest BCUT2D eigenvalue weighted by atomic mass is 10.0. The summed E-state index contributed by atoms with van der Waals surface area (Å²) in [6.07, 6.45) is 0.597. The first kappa shape index (κ1) is 17.7. The van der Waals surface area contributed by atoms with Crippen molar-refractivity contribution in [2.24, 2.45) is 0 Å². The van der Waals surface area contributed by atoms with Crippen molar-refractivity contribution in [1.29, 1.82) is 0 Å². The Bertz CT molecular complexity index is 517. The fraction of sp³-hybridized carbons (Fsp3) is 0.438. The number of rotatable bonds is 7. The molecule has 1 rings (SSSR count). The normalized spacial score (nSPS) is 12.9. The molecule has 0 aliphatic carbocycles. The van der Waals surface area contributed by atoms with Gasteiger partial charge in [-0.1, -0.05) is 30.3 Å². The van der Waals surface area contributed by atoms with Gasteiger partial charge in [-0.05, 0) is 12.5 Å². The minimum atomic E-state index is -0.660. The molecule has 6 nitrogen and oxygen atoms in total. The molecule has 0 spiro atoms. The minimum Gasteiger partial charge on any atom is -0.359 e. The Hall–Kier alpha value is -2.37. The van der Waals surface area contributed by atoms with Crippen molar-refractivity contribution in [3.63, 3.8) is 0 Å². The molecule has 22 heavy (non-hydrogen) atoms. The van der Waals surface area contributed by atoms with Gasteiger partial charge in [-0.15, -0.1) is 0 Å². The first-order valence-electron chi connectivity index (χ1n) is 7.24. The van der Waals surface area contributed by atoms with Crippen LogP contribution in [0.4, 0.5) is 0 Å². The third-order valence-corrected chi connectivity index (χ3v) is 3.14. The SMILES string of the molecule is CNC(=O)C[C@H](C)NC(=O)[C@H](Cc1ccccc1)NC(C)=O. The number of benzene rings is 1. The lowest BCUT2D eigenvalue weighted by molar-refractivity contribution is -0.129.